The van der Waals surface area contributed by atoms with E-state index in [1.165, 1.54) is 5.57 Å². The molecule has 0 amide bonds. The van der Waals surface area contributed by atoms with E-state index in [4.69, 9.17) is 12.6 Å². The molecule has 0 aliphatic carbocycles. The van der Waals surface area contributed by atoms with Crippen LogP contribution in [0.5, 0.6) is 0 Å². The Hall–Kier alpha value is 0.570. The number of allylic oxidation sites excluding steroid dienone is 1. The maximum Gasteiger partial charge on any atom is -0.0200 e. The minimum Gasteiger partial charge on any atom is -0.789 e. The highest BCUT2D eigenvalue weighted by molar-refractivity contribution is 9.11. The Morgan fingerprint density at radius 3 is 2.50 bits per heavy atom. The Labute approximate surface area is 64.9 Å². The second-order valence-corrected chi connectivity index (χ2v) is 3.23. The lowest BCUT2D eigenvalue weighted by atomic mass is 10.2. The van der Waals surface area contributed by atoms with Gasteiger partial charge in [0.05, 0.1) is 0 Å². The Bertz CT molecular complexity index is 86.5. The van der Waals surface area contributed by atoms with Crippen molar-refractivity contribution in [3.8, 4) is 0 Å². The minimum absolute atomic E-state index is 0.365. The zero-order chi connectivity index (χ0) is 6.57. The van der Waals surface area contributed by atoms with Crippen molar-refractivity contribution in [3.63, 3.8) is 0 Å². The van der Waals surface area contributed by atoms with Crippen LogP contribution in [0.4, 0.5) is 0 Å². The molecule has 2 heteroatoms. The third kappa shape index (κ3) is 4.72. The summed E-state index contributed by atoms with van der Waals surface area (Å²) in [4.78, 5) is 1.93. The fourth-order valence-electron chi connectivity index (χ4n) is 0.498. The molecule has 0 heterocycles. The largest absolute Gasteiger partial charge is 0.789 e. The van der Waals surface area contributed by atoms with Gasteiger partial charge in [-0.1, -0.05) is 34.8 Å². The van der Waals surface area contributed by atoms with Crippen LogP contribution in [0.2, 0.25) is 0 Å². The number of hydrogen-bond acceptors (Lipinski definition) is 1. The second-order valence-electron chi connectivity index (χ2n) is 1.97. The summed E-state index contributed by atoms with van der Waals surface area (Å²) in [5.74, 6) is 0. The third-order valence-corrected chi connectivity index (χ3v) is 1.74. The zero-order valence-corrected chi connectivity index (χ0v) is 7.55. The molecule has 0 aromatic heterocycles. The van der Waals surface area contributed by atoms with Gasteiger partial charge >= 0.3 is 0 Å². The summed E-state index contributed by atoms with van der Waals surface area (Å²) < 4.78 is 0. The molecule has 0 fully saturated rings. The zero-order valence-electron chi connectivity index (χ0n) is 5.15. The van der Waals surface area contributed by atoms with Gasteiger partial charge in [0.2, 0.25) is 0 Å². The summed E-state index contributed by atoms with van der Waals surface area (Å²) in [6, 6.07) is 0. The van der Waals surface area contributed by atoms with E-state index >= 15 is 0 Å². The van der Waals surface area contributed by atoms with E-state index in [9.17, 15) is 0 Å². The van der Waals surface area contributed by atoms with Crippen LogP contribution in [0.1, 0.15) is 20.3 Å². The first-order chi connectivity index (χ1) is 3.66. The van der Waals surface area contributed by atoms with Crippen molar-refractivity contribution in [2.24, 2.45) is 0 Å². The van der Waals surface area contributed by atoms with E-state index in [1.54, 1.807) is 0 Å². The molecular formula is C6H10BrS-. The van der Waals surface area contributed by atoms with Crippen LogP contribution in [-0.4, -0.2) is 5.25 Å². The van der Waals surface area contributed by atoms with Gasteiger partial charge in [0.25, 0.3) is 0 Å². The van der Waals surface area contributed by atoms with Crippen molar-refractivity contribution < 1.29 is 0 Å². The molecule has 0 aromatic rings. The Morgan fingerprint density at radius 1 is 1.88 bits per heavy atom. The van der Waals surface area contributed by atoms with Gasteiger partial charge in [0.15, 0.2) is 0 Å². The predicted molar refractivity (Wildman–Crippen MR) is 44.1 cm³/mol. The first-order valence-electron chi connectivity index (χ1n) is 2.58. The summed E-state index contributed by atoms with van der Waals surface area (Å²) in [7, 11) is 0. The highest BCUT2D eigenvalue weighted by Gasteiger charge is 1.85. The first-order valence-corrected chi connectivity index (χ1v) is 3.97. The Morgan fingerprint density at radius 2 is 2.38 bits per heavy atom. The Balaban J connectivity index is 3.39. The van der Waals surface area contributed by atoms with E-state index < -0.39 is 0 Å². The molecule has 1 atom stereocenters. The molecule has 0 saturated heterocycles. The van der Waals surface area contributed by atoms with Crippen molar-refractivity contribution in [1.29, 1.82) is 0 Å². The third-order valence-electron chi connectivity index (χ3n) is 0.796. The van der Waals surface area contributed by atoms with Crippen LogP contribution < -0.4 is 0 Å². The lowest BCUT2D eigenvalue weighted by molar-refractivity contribution is 0.934. The van der Waals surface area contributed by atoms with E-state index in [-0.39, 0.29) is 0 Å². The van der Waals surface area contributed by atoms with E-state index in [0.717, 1.165) is 6.42 Å². The Kier molecular flexibility index (Phi) is 4.77. The molecule has 0 saturated carbocycles. The molecule has 0 bridgehead atoms. The summed E-state index contributed by atoms with van der Waals surface area (Å²) in [6.45, 7) is 4.10. The summed E-state index contributed by atoms with van der Waals surface area (Å²) in [5.41, 5.74) is 1.31. The molecule has 0 aliphatic rings. The molecule has 0 nitrogen and oxygen atoms in total. The molecule has 48 valence electrons. The number of halogens is 1. The van der Waals surface area contributed by atoms with Crippen LogP contribution in [0, 0.1) is 0 Å². The predicted octanol–water partition coefficient (Wildman–Crippen LogP) is 2.61. The van der Waals surface area contributed by atoms with Crippen molar-refractivity contribution in [3.05, 3.63) is 10.6 Å². The minimum atomic E-state index is 0.365. The van der Waals surface area contributed by atoms with Crippen molar-refractivity contribution in [2.75, 3.05) is 0 Å². The van der Waals surface area contributed by atoms with E-state index in [0.29, 0.717) is 5.25 Å². The maximum atomic E-state index is 4.96. The van der Waals surface area contributed by atoms with Crippen LogP contribution in [0.25, 0.3) is 0 Å². The monoisotopic (exact) mass is 193 g/mol. The molecule has 1 unspecified atom stereocenters. The van der Waals surface area contributed by atoms with Gasteiger partial charge in [-0.05, 0) is 11.9 Å². The van der Waals surface area contributed by atoms with Crippen LogP contribution >= 0.6 is 15.9 Å². The maximum absolute atomic E-state index is 4.96. The van der Waals surface area contributed by atoms with Crippen molar-refractivity contribution in [1.82, 2.24) is 0 Å². The van der Waals surface area contributed by atoms with Gasteiger partial charge in [-0.3, -0.25) is 0 Å². The van der Waals surface area contributed by atoms with Crippen molar-refractivity contribution >= 4 is 28.6 Å². The molecule has 0 N–H and O–H groups in total. The molecule has 0 radical (unpaired) electrons. The molecule has 0 spiro atoms. The standard InChI is InChI=1S/C6H11BrS/c1-5(4-7)3-6(2)8/h4,6,8H,3H2,1-2H3/p-1. The van der Waals surface area contributed by atoms with Gasteiger partial charge in [-0.25, -0.2) is 0 Å². The molecule has 0 aliphatic heterocycles. The van der Waals surface area contributed by atoms with Gasteiger partial charge in [-0.2, -0.15) is 5.25 Å². The second kappa shape index (κ2) is 4.45. The average molecular weight is 194 g/mol. The quantitative estimate of drug-likeness (QED) is 0.609. The fraction of sp³-hybridized carbons (Fsp3) is 0.667. The summed E-state index contributed by atoms with van der Waals surface area (Å²) in [5, 5.41) is 0.365. The highest BCUT2D eigenvalue weighted by atomic mass is 79.9. The SMILES string of the molecule is CC(=CBr)CC(C)[S-]. The number of rotatable bonds is 2. The van der Waals surface area contributed by atoms with Crippen LogP contribution in [-0.2, 0) is 12.6 Å². The fourth-order valence-corrected chi connectivity index (χ4v) is 0.948. The van der Waals surface area contributed by atoms with Gasteiger partial charge in [0.1, 0.15) is 0 Å². The van der Waals surface area contributed by atoms with Gasteiger partial charge in [-0.15, -0.1) is 0 Å². The lowest BCUT2D eigenvalue weighted by Crippen LogP contribution is -1.94. The summed E-state index contributed by atoms with van der Waals surface area (Å²) in [6.07, 6.45) is 1.01. The topological polar surface area (TPSA) is 0 Å². The molecule has 8 heavy (non-hydrogen) atoms. The molecular weight excluding hydrogens is 184 g/mol. The highest BCUT2D eigenvalue weighted by Crippen LogP contribution is 2.06. The average Bonchev–Trinajstić information content (AvgIpc) is 1.65. The van der Waals surface area contributed by atoms with E-state index in [1.807, 2.05) is 11.9 Å². The van der Waals surface area contributed by atoms with Gasteiger partial charge in [0, 0.05) is 0 Å². The molecule has 0 rings (SSSR count). The van der Waals surface area contributed by atoms with Gasteiger partial charge < -0.3 is 12.6 Å². The first kappa shape index (κ1) is 8.57. The van der Waals surface area contributed by atoms with Crippen LogP contribution in [0.15, 0.2) is 10.6 Å². The normalized spacial score (nSPS) is 16.2. The van der Waals surface area contributed by atoms with Crippen molar-refractivity contribution in [2.45, 2.75) is 25.5 Å². The van der Waals surface area contributed by atoms with Crippen LogP contribution in [0.3, 0.4) is 0 Å². The molecule has 0 aromatic carbocycles. The number of hydrogen-bond donors (Lipinski definition) is 0. The smallest absolute Gasteiger partial charge is 0.0200 e. The summed E-state index contributed by atoms with van der Waals surface area (Å²) >= 11 is 8.19. The van der Waals surface area contributed by atoms with E-state index in [2.05, 4.69) is 22.9 Å². The lowest BCUT2D eigenvalue weighted by Gasteiger charge is -2.14.